The Kier molecular flexibility index (Phi) is 1.80. The molecule has 0 aliphatic rings. The highest BCUT2D eigenvalue weighted by atomic mass is 16.4. The van der Waals surface area contributed by atoms with Crippen molar-refractivity contribution in [2.24, 2.45) is 0 Å². The molecule has 0 saturated carbocycles. The van der Waals surface area contributed by atoms with Crippen LogP contribution >= 0.6 is 0 Å². The predicted molar refractivity (Wildman–Crippen MR) is 62.5 cm³/mol. The average molecular weight is 211 g/mol. The third kappa shape index (κ3) is 1.21. The summed E-state index contributed by atoms with van der Waals surface area (Å²) in [7, 11) is 0. The highest BCUT2D eigenvalue weighted by Gasteiger charge is 2.06. The molecule has 0 fully saturated rings. The Morgan fingerprint density at radius 1 is 1.12 bits per heavy atom. The van der Waals surface area contributed by atoms with E-state index in [1.165, 1.54) is 0 Å². The monoisotopic (exact) mass is 211 g/mol. The van der Waals surface area contributed by atoms with Gasteiger partial charge in [0.15, 0.2) is 0 Å². The molecular weight excluding hydrogens is 202 g/mol. The van der Waals surface area contributed by atoms with Crippen LogP contribution in [0.1, 0.15) is 5.56 Å². The molecule has 0 aliphatic carbocycles. The van der Waals surface area contributed by atoms with E-state index in [0.29, 0.717) is 11.0 Å². The normalized spacial score (nSPS) is 11.1. The van der Waals surface area contributed by atoms with E-state index in [2.05, 4.69) is 4.98 Å². The Hall–Kier alpha value is -2.16. The highest BCUT2D eigenvalue weighted by Crippen LogP contribution is 2.22. The summed E-state index contributed by atoms with van der Waals surface area (Å²) in [5.41, 5.74) is 1.37. The predicted octanol–water partition coefficient (Wildman–Crippen LogP) is 2.65. The zero-order valence-electron chi connectivity index (χ0n) is 8.73. The fraction of sp³-hybridized carbons (Fsp3) is 0.0769. The number of aromatic nitrogens is 1. The first-order chi connectivity index (χ1) is 7.75. The van der Waals surface area contributed by atoms with Gasteiger partial charge in [-0.05, 0) is 24.6 Å². The van der Waals surface area contributed by atoms with Gasteiger partial charge in [-0.1, -0.05) is 12.1 Å². The molecule has 0 aliphatic heterocycles. The molecule has 16 heavy (non-hydrogen) atoms. The van der Waals surface area contributed by atoms with Gasteiger partial charge in [0, 0.05) is 23.2 Å². The molecule has 3 nitrogen and oxygen atoms in total. The Balaban J connectivity index is 2.64. The molecule has 1 aromatic carbocycles. The summed E-state index contributed by atoms with van der Waals surface area (Å²) in [5, 5.41) is 2.36. The van der Waals surface area contributed by atoms with Gasteiger partial charge in [-0.15, -0.1) is 0 Å². The molecule has 3 rings (SSSR count). The molecule has 0 amide bonds. The van der Waals surface area contributed by atoms with E-state index in [-0.39, 0.29) is 5.63 Å². The van der Waals surface area contributed by atoms with Crippen LogP contribution in [0.5, 0.6) is 0 Å². The van der Waals surface area contributed by atoms with Gasteiger partial charge in [0.1, 0.15) is 5.58 Å². The molecule has 0 saturated heterocycles. The number of aryl methyl sites for hydroxylation is 1. The molecule has 0 atom stereocenters. The lowest BCUT2D eigenvalue weighted by Gasteiger charge is -2.02. The van der Waals surface area contributed by atoms with Crippen molar-refractivity contribution in [3.63, 3.8) is 0 Å². The van der Waals surface area contributed by atoms with Gasteiger partial charge in [0.05, 0.1) is 5.39 Å². The standard InChI is InChI=1S/C13H9NO2/c1-8-2-3-10-9-4-5-14-7-11(9)13(15)16-12(10)6-8/h2-7H,1H3. The van der Waals surface area contributed by atoms with Crippen LogP contribution in [0.15, 0.2) is 45.9 Å². The Morgan fingerprint density at radius 3 is 2.88 bits per heavy atom. The number of pyridine rings is 1. The Labute approximate surface area is 91.3 Å². The highest BCUT2D eigenvalue weighted by molar-refractivity contribution is 6.03. The molecule has 0 bridgehead atoms. The molecule has 2 heterocycles. The zero-order chi connectivity index (χ0) is 11.1. The van der Waals surface area contributed by atoms with Gasteiger partial charge in [0.25, 0.3) is 0 Å². The topological polar surface area (TPSA) is 43.1 Å². The van der Waals surface area contributed by atoms with Crippen molar-refractivity contribution < 1.29 is 4.42 Å². The van der Waals surface area contributed by atoms with Crippen LogP contribution in [-0.4, -0.2) is 4.98 Å². The molecule has 3 aromatic rings. The first-order valence-electron chi connectivity index (χ1n) is 5.03. The minimum Gasteiger partial charge on any atom is -0.422 e. The average Bonchev–Trinajstić information content (AvgIpc) is 2.29. The van der Waals surface area contributed by atoms with Crippen molar-refractivity contribution >= 4 is 21.7 Å². The van der Waals surface area contributed by atoms with E-state index in [1.54, 1.807) is 12.4 Å². The summed E-state index contributed by atoms with van der Waals surface area (Å²) in [5.74, 6) is 0. The third-order valence-corrected chi connectivity index (χ3v) is 2.67. The second kappa shape index (κ2) is 3.17. The van der Waals surface area contributed by atoms with Gasteiger partial charge < -0.3 is 4.42 Å². The number of nitrogens with zero attached hydrogens (tertiary/aromatic N) is 1. The second-order valence-electron chi connectivity index (χ2n) is 3.81. The molecule has 0 unspecified atom stereocenters. The van der Waals surface area contributed by atoms with Crippen LogP contribution < -0.4 is 5.63 Å². The van der Waals surface area contributed by atoms with E-state index >= 15 is 0 Å². The van der Waals surface area contributed by atoms with E-state index in [4.69, 9.17) is 4.42 Å². The fourth-order valence-electron chi connectivity index (χ4n) is 1.88. The van der Waals surface area contributed by atoms with Crippen molar-refractivity contribution in [3.05, 3.63) is 52.6 Å². The number of hydrogen-bond acceptors (Lipinski definition) is 3. The second-order valence-corrected chi connectivity index (χ2v) is 3.81. The molecular formula is C13H9NO2. The van der Waals surface area contributed by atoms with Crippen molar-refractivity contribution in [1.82, 2.24) is 4.98 Å². The number of fused-ring (bicyclic) bond motifs is 3. The van der Waals surface area contributed by atoms with Crippen LogP contribution in [-0.2, 0) is 0 Å². The fourth-order valence-corrected chi connectivity index (χ4v) is 1.88. The van der Waals surface area contributed by atoms with Crippen LogP contribution in [0, 0.1) is 6.92 Å². The van der Waals surface area contributed by atoms with E-state index in [9.17, 15) is 4.79 Å². The lowest BCUT2D eigenvalue weighted by atomic mass is 10.1. The Bertz CT molecular complexity index is 744. The van der Waals surface area contributed by atoms with E-state index in [1.807, 2.05) is 31.2 Å². The molecule has 0 radical (unpaired) electrons. The van der Waals surface area contributed by atoms with Crippen molar-refractivity contribution in [2.45, 2.75) is 6.92 Å². The van der Waals surface area contributed by atoms with Gasteiger partial charge in [-0.25, -0.2) is 4.79 Å². The molecule has 0 N–H and O–H groups in total. The number of hydrogen-bond donors (Lipinski definition) is 0. The molecule has 0 spiro atoms. The molecule has 3 heteroatoms. The maximum atomic E-state index is 11.7. The van der Waals surface area contributed by atoms with E-state index in [0.717, 1.165) is 16.3 Å². The first-order valence-corrected chi connectivity index (χ1v) is 5.03. The SMILES string of the molecule is Cc1ccc2c(c1)oc(=O)c1cnccc12. The maximum Gasteiger partial charge on any atom is 0.345 e. The summed E-state index contributed by atoms with van der Waals surface area (Å²) in [6.45, 7) is 1.97. The van der Waals surface area contributed by atoms with Gasteiger partial charge >= 0.3 is 5.63 Å². The van der Waals surface area contributed by atoms with Crippen LogP contribution in [0.3, 0.4) is 0 Å². The summed E-state index contributed by atoms with van der Waals surface area (Å²) in [6.07, 6.45) is 3.22. The van der Waals surface area contributed by atoms with Crippen LogP contribution in [0.25, 0.3) is 21.7 Å². The summed E-state index contributed by atoms with van der Waals surface area (Å²) < 4.78 is 5.26. The maximum absolute atomic E-state index is 11.7. The van der Waals surface area contributed by atoms with Crippen LogP contribution in [0.4, 0.5) is 0 Å². The van der Waals surface area contributed by atoms with Crippen molar-refractivity contribution in [3.8, 4) is 0 Å². The van der Waals surface area contributed by atoms with E-state index < -0.39 is 0 Å². The van der Waals surface area contributed by atoms with Crippen molar-refractivity contribution in [2.75, 3.05) is 0 Å². The summed E-state index contributed by atoms with van der Waals surface area (Å²) >= 11 is 0. The molecule has 78 valence electrons. The minimum absolute atomic E-state index is 0.332. The first kappa shape index (κ1) is 9.09. The van der Waals surface area contributed by atoms with Gasteiger partial charge in [-0.3, -0.25) is 4.98 Å². The third-order valence-electron chi connectivity index (χ3n) is 2.67. The number of benzene rings is 1. The lowest BCUT2D eigenvalue weighted by molar-refractivity contribution is 0.569. The lowest BCUT2D eigenvalue weighted by Crippen LogP contribution is -2.00. The zero-order valence-corrected chi connectivity index (χ0v) is 8.73. The Morgan fingerprint density at radius 2 is 2.00 bits per heavy atom. The summed E-state index contributed by atoms with van der Waals surface area (Å²) in [6, 6.07) is 7.68. The van der Waals surface area contributed by atoms with Gasteiger partial charge in [-0.2, -0.15) is 0 Å². The molecule has 2 aromatic heterocycles. The number of rotatable bonds is 0. The largest absolute Gasteiger partial charge is 0.422 e. The summed E-state index contributed by atoms with van der Waals surface area (Å²) in [4.78, 5) is 15.6. The minimum atomic E-state index is -0.332. The van der Waals surface area contributed by atoms with Crippen molar-refractivity contribution in [1.29, 1.82) is 0 Å². The smallest absolute Gasteiger partial charge is 0.345 e. The van der Waals surface area contributed by atoms with Crippen LogP contribution in [0.2, 0.25) is 0 Å². The van der Waals surface area contributed by atoms with Gasteiger partial charge in [0.2, 0.25) is 0 Å². The quantitative estimate of drug-likeness (QED) is 0.424.